The lowest BCUT2D eigenvalue weighted by Gasteiger charge is -2.37. The minimum absolute atomic E-state index is 0.00754. The summed E-state index contributed by atoms with van der Waals surface area (Å²) >= 11 is 0. The molecule has 10 heteroatoms. The maximum atomic E-state index is 13.2. The van der Waals surface area contributed by atoms with Gasteiger partial charge in [-0.3, -0.25) is 9.69 Å². The Morgan fingerprint density at radius 1 is 1.26 bits per heavy atom. The molecule has 1 fully saturated rings. The molecule has 1 saturated heterocycles. The highest BCUT2D eigenvalue weighted by molar-refractivity contribution is 7.89. The van der Waals surface area contributed by atoms with Gasteiger partial charge in [-0.2, -0.15) is 17.5 Å². The average Bonchev–Trinajstić information content (AvgIpc) is 2.65. The molecule has 1 amide bonds. The molecule has 1 heterocycles. The summed E-state index contributed by atoms with van der Waals surface area (Å²) in [6.45, 7) is 6.04. The smallest absolute Gasteiger partial charge is 0.351 e. The maximum absolute atomic E-state index is 13.2. The summed E-state index contributed by atoms with van der Waals surface area (Å²) in [6.07, 6.45) is -3.21. The standard InChI is InChI=1S/C17H22F3N3O3S/c1-3-8-21-16(24)13(2)22-9-11-23(12-10-22)27(25,26)15-7-5-4-6-14(15)17(18,19)20/h3-7,13H,1,8-12H2,2H3,(H,21,24)/t13-/m0/s1. The number of nitrogens with one attached hydrogen (secondary N) is 1. The van der Waals surface area contributed by atoms with Crippen LogP contribution in [0.4, 0.5) is 13.2 Å². The Hall–Kier alpha value is -1.91. The molecule has 27 heavy (non-hydrogen) atoms. The highest BCUT2D eigenvalue weighted by Gasteiger charge is 2.40. The molecule has 1 aromatic rings. The van der Waals surface area contributed by atoms with E-state index in [1.54, 1.807) is 17.9 Å². The molecule has 0 spiro atoms. The topological polar surface area (TPSA) is 69.7 Å². The van der Waals surface area contributed by atoms with Gasteiger partial charge in [0.05, 0.1) is 16.5 Å². The van der Waals surface area contributed by atoms with Crippen LogP contribution in [0, 0.1) is 0 Å². The van der Waals surface area contributed by atoms with Crippen molar-refractivity contribution in [2.45, 2.75) is 24.0 Å². The third kappa shape index (κ3) is 4.88. The van der Waals surface area contributed by atoms with E-state index in [2.05, 4.69) is 11.9 Å². The Morgan fingerprint density at radius 2 is 1.85 bits per heavy atom. The molecule has 0 saturated carbocycles. The minimum Gasteiger partial charge on any atom is -0.351 e. The molecule has 1 aliphatic rings. The summed E-state index contributed by atoms with van der Waals surface area (Å²) in [7, 11) is -4.29. The van der Waals surface area contributed by atoms with E-state index in [1.807, 2.05) is 0 Å². The molecule has 1 aliphatic heterocycles. The fraction of sp³-hybridized carbons (Fsp3) is 0.471. The largest absolute Gasteiger partial charge is 0.417 e. The van der Waals surface area contributed by atoms with Crippen molar-refractivity contribution in [2.75, 3.05) is 32.7 Å². The van der Waals surface area contributed by atoms with E-state index in [0.29, 0.717) is 6.54 Å². The van der Waals surface area contributed by atoms with Crippen molar-refractivity contribution in [2.24, 2.45) is 0 Å². The minimum atomic E-state index is -4.76. The van der Waals surface area contributed by atoms with Crippen LogP contribution >= 0.6 is 0 Å². The first-order chi connectivity index (χ1) is 12.6. The predicted molar refractivity (Wildman–Crippen MR) is 94.4 cm³/mol. The van der Waals surface area contributed by atoms with Crippen molar-refractivity contribution in [1.29, 1.82) is 0 Å². The van der Waals surface area contributed by atoms with Gasteiger partial charge in [0.15, 0.2) is 0 Å². The summed E-state index contributed by atoms with van der Waals surface area (Å²) < 4.78 is 66.0. The van der Waals surface area contributed by atoms with E-state index in [-0.39, 0.29) is 32.1 Å². The first kappa shape index (κ1) is 21.4. The average molecular weight is 405 g/mol. The molecular weight excluding hydrogens is 383 g/mol. The van der Waals surface area contributed by atoms with Crippen molar-refractivity contribution in [1.82, 2.24) is 14.5 Å². The van der Waals surface area contributed by atoms with Crippen LogP contribution in [-0.4, -0.2) is 62.3 Å². The van der Waals surface area contributed by atoms with Crippen LogP contribution in [0.3, 0.4) is 0 Å². The predicted octanol–water partition coefficient (Wildman–Crippen LogP) is 1.70. The van der Waals surface area contributed by atoms with Gasteiger partial charge in [0.2, 0.25) is 15.9 Å². The fourth-order valence-electron chi connectivity index (χ4n) is 2.88. The molecule has 6 nitrogen and oxygen atoms in total. The number of amides is 1. The summed E-state index contributed by atoms with van der Waals surface area (Å²) in [5.41, 5.74) is -1.18. The van der Waals surface area contributed by atoms with Crippen LogP contribution in [-0.2, 0) is 21.0 Å². The van der Waals surface area contributed by atoms with Gasteiger partial charge in [0.1, 0.15) is 0 Å². The van der Waals surface area contributed by atoms with Gasteiger partial charge in [-0.15, -0.1) is 6.58 Å². The van der Waals surface area contributed by atoms with Crippen LogP contribution in [0.15, 0.2) is 41.8 Å². The molecule has 1 N–H and O–H groups in total. The number of piperazine rings is 1. The lowest BCUT2D eigenvalue weighted by atomic mass is 10.2. The molecule has 1 aromatic carbocycles. The number of nitrogens with zero attached hydrogens (tertiary/aromatic N) is 2. The van der Waals surface area contributed by atoms with E-state index in [1.165, 1.54) is 6.07 Å². The van der Waals surface area contributed by atoms with Gasteiger partial charge in [0.25, 0.3) is 0 Å². The number of carbonyl (C=O) groups excluding carboxylic acids is 1. The van der Waals surface area contributed by atoms with Gasteiger partial charge in [-0.1, -0.05) is 18.2 Å². The SMILES string of the molecule is C=CCNC(=O)[C@H](C)N1CCN(S(=O)(=O)c2ccccc2C(F)(F)F)CC1. The van der Waals surface area contributed by atoms with Crippen molar-refractivity contribution >= 4 is 15.9 Å². The van der Waals surface area contributed by atoms with E-state index < -0.39 is 32.7 Å². The Bertz CT molecular complexity index is 788. The zero-order chi connectivity index (χ0) is 20.2. The molecule has 0 radical (unpaired) electrons. The van der Waals surface area contributed by atoms with Crippen LogP contribution in [0.1, 0.15) is 12.5 Å². The molecule has 0 aromatic heterocycles. The third-order valence-corrected chi connectivity index (χ3v) is 6.39. The zero-order valence-corrected chi connectivity index (χ0v) is 15.7. The summed E-state index contributed by atoms with van der Waals surface area (Å²) in [5, 5.41) is 2.67. The molecular formula is C17H22F3N3O3S. The van der Waals surface area contributed by atoms with Gasteiger partial charge in [-0.05, 0) is 19.1 Å². The number of benzene rings is 1. The van der Waals surface area contributed by atoms with E-state index in [9.17, 15) is 26.4 Å². The lowest BCUT2D eigenvalue weighted by molar-refractivity contribution is -0.140. The van der Waals surface area contributed by atoms with E-state index >= 15 is 0 Å². The Labute approximate surface area is 156 Å². The number of alkyl halides is 3. The molecule has 0 unspecified atom stereocenters. The molecule has 1 atom stereocenters. The number of rotatable bonds is 6. The highest BCUT2D eigenvalue weighted by atomic mass is 32.2. The van der Waals surface area contributed by atoms with Crippen LogP contribution < -0.4 is 5.32 Å². The summed E-state index contributed by atoms with van der Waals surface area (Å²) in [5.74, 6) is -0.214. The fourth-order valence-corrected chi connectivity index (χ4v) is 4.52. The van der Waals surface area contributed by atoms with Crippen LogP contribution in [0.25, 0.3) is 0 Å². The Kier molecular flexibility index (Phi) is 6.66. The van der Waals surface area contributed by atoms with Gasteiger partial charge >= 0.3 is 6.18 Å². The number of sulfonamides is 1. The Balaban J connectivity index is 2.12. The normalized spacial score (nSPS) is 18.1. The van der Waals surface area contributed by atoms with Crippen LogP contribution in [0.2, 0.25) is 0 Å². The Morgan fingerprint density at radius 3 is 2.41 bits per heavy atom. The number of carbonyl (C=O) groups is 1. The van der Waals surface area contributed by atoms with Crippen molar-refractivity contribution in [3.8, 4) is 0 Å². The van der Waals surface area contributed by atoms with Crippen molar-refractivity contribution < 1.29 is 26.4 Å². The maximum Gasteiger partial charge on any atom is 0.417 e. The van der Waals surface area contributed by atoms with Crippen molar-refractivity contribution in [3.63, 3.8) is 0 Å². The summed E-state index contributed by atoms with van der Waals surface area (Å²) in [4.78, 5) is 13.0. The van der Waals surface area contributed by atoms with Gasteiger partial charge in [0, 0.05) is 32.7 Å². The third-order valence-electron chi connectivity index (χ3n) is 4.43. The molecule has 150 valence electrons. The number of hydrogen-bond acceptors (Lipinski definition) is 4. The zero-order valence-electron chi connectivity index (χ0n) is 14.9. The monoisotopic (exact) mass is 405 g/mol. The summed E-state index contributed by atoms with van der Waals surface area (Å²) in [6, 6.07) is 3.68. The van der Waals surface area contributed by atoms with E-state index in [4.69, 9.17) is 0 Å². The number of hydrogen-bond donors (Lipinski definition) is 1. The molecule has 0 bridgehead atoms. The lowest BCUT2D eigenvalue weighted by Crippen LogP contribution is -2.55. The van der Waals surface area contributed by atoms with E-state index in [0.717, 1.165) is 22.5 Å². The first-order valence-electron chi connectivity index (χ1n) is 8.38. The molecule has 0 aliphatic carbocycles. The second-order valence-corrected chi connectivity index (χ2v) is 8.05. The molecule has 2 rings (SSSR count). The van der Waals surface area contributed by atoms with Gasteiger partial charge < -0.3 is 5.32 Å². The van der Waals surface area contributed by atoms with Gasteiger partial charge in [-0.25, -0.2) is 8.42 Å². The highest BCUT2D eigenvalue weighted by Crippen LogP contribution is 2.35. The van der Waals surface area contributed by atoms with Crippen molar-refractivity contribution in [3.05, 3.63) is 42.5 Å². The first-order valence-corrected chi connectivity index (χ1v) is 9.82. The number of halogens is 3. The quantitative estimate of drug-likeness (QED) is 0.732. The second-order valence-electron chi connectivity index (χ2n) is 6.14. The van der Waals surface area contributed by atoms with Crippen LogP contribution in [0.5, 0.6) is 0 Å². The second kappa shape index (κ2) is 8.41.